The van der Waals surface area contributed by atoms with Crippen LogP contribution in [-0.2, 0) is 4.79 Å². The van der Waals surface area contributed by atoms with E-state index in [0.29, 0.717) is 0 Å². The summed E-state index contributed by atoms with van der Waals surface area (Å²) in [6, 6.07) is 4.10. The molecule has 1 heterocycles. The second kappa shape index (κ2) is 7.80. The Morgan fingerprint density at radius 1 is 1.23 bits per heavy atom. The van der Waals surface area contributed by atoms with Crippen molar-refractivity contribution in [1.82, 2.24) is 5.01 Å². The van der Waals surface area contributed by atoms with Gasteiger partial charge in [-0.25, -0.2) is 0 Å². The lowest BCUT2D eigenvalue weighted by atomic mass is 9.79. The van der Waals surface area contributed by atoms with Gasteiger partial charge in [-0.2, -0.15) is 32.1 Å². The van der Waals surface area contributed by atoms with E-state index in [2.05, 4.69) is 5.10 Å². The molecule has 0 saturated carbocycles. The first kappa shape index (κ1) is 24.6. The highest BCUT2D eigenvalue weighted by atomic mass is 35.5. The smallest absolute Gasteiger partial charge is 0.459 e. The predicted molar refractivity (Wildman–Crippen MR) is 101 cm³/mol. The van der Waals surface area contributed by atoms with Crippen LogP contribution in [0.4, 0.5) is 22.0 Å². The summed E-state index contributed by atoms with van der Waals surface area (Å²) >= 11 is 11.7. The summed E-state index contributed by atoms with van der Waals surface area (Å²) in [5.74, 6) is -6.44. The molecule has 0 saturated heterocycles. The molecule has 1 N–H and O–H groups in total. The maximum Gasteiger partial charge on any atom is 0.459 e. The van der Waals surface area contributed by atoms with Crippen molar-refractivity contribution < 1.29 is 36.6 Å². The first-order valence-electron chi connectivity index (χ1n) is 8.62. The van der Waals surface area contributed by atoms with Gasteiger partial charge >= 0.3 is 12.1 Å². The summed E-state index contributed by atoms with van der Waals surface area (Å²) < 4.78 is 71.6. The summed E-state index contributed by atoms with van der Waals surface area (Å²) in [5.41, 5.74) is -5.44. The van der Waals surface area contributed by atoms with E-state index in [9.17, 15) is 31.9 Å². The second-order valence-corrected chi connectivity index (χ2v) is 8.69. The Kier molecular flexibility index (Phi) is 6.40. The van der Waals surface area contributed by atoms with Crippen LogP contribution in [0.5, 0.6) is 5.75 Å². The summed E-state index contributed by atoms with van der Waals surface area (Å²) in [7, 11) is 0. The number of nitrogens with zero attached hydrogens (tertiary/aromatic N) is 2. The molecule has 0 spiro atoms. The predicted octanol–water partition coefficient (Wildman–Crippen LogP) is 5.28. The molecule has 1 aromatic rings. The quantitative estimate of drug-likeness (QED) is 0.601. The van der Waals surface area contributed by atoms with Crippen LogP contribution in [0.3, 0.4) is 0 Å². The summed E-state index contributed by atoms with van der Waals surface area (Å²) in [6.45, 7) is 5.34. The minimum absolute atomic E-state index is 0.0187. The Labute approximate surface area is 179 Å². The Morgan fingerprint density at radius 2 is 1.80 bits per heavy atom. The van der Waals surface area contributed by atoms with Crippen LogP contribution in [0, 0.1) is 5.41 Å². The third-order valence-corrected chi connectivity index (χ3v) is 5.19. The molecule has 1 amide bonds. The monoisotopic (exact) mass is 476 g/mol. The van der Waals surface area contributed by atoms with Crippen molar-refractivity contribution in [3.05, 3.63) is 28.2 Å². The number of hydrogen-bond acceptors (Lipinski definition) is 4. The summed E-state index contributed by atoms with van der Waals surface area (Å²) in [6.07, 6.45) is -8.56. The van der Waals surface area contributed by atoms with Gasteiger partial charge in [-0.3, -0.25) is 4.79 Å². The zero-order chi connectivity index (χ0) is 23.3. The summed E-state index contributed by atoms with van der Waals surface area (Å²) in [5, 5.41) is 14.7. The van der Waals surface area contributed by atoms with Gasteiger partial charge in [-0.1, -0.05) is 44.0 Å². The van der Waals surface area contributed by atoms with Gasteiger partial charge < -0.3 is 9.84 Å². The second-order valence-electron chi connectivity index (χ2n) is 7.85. The highest BCUT2D eigenvalue weighted by Gasteiger charge is 2.66. The minimum Gasteiger partial charge on any atom is -0.479 e. The minimum atomic E-state index is -5.94. The van der Waals surface area contributed by atoms with Gasteiger partial charge in [0.15, 0.2) is 11.8 Å². The lowest BCUT2D eigenvalue weighted by molar-refractivity contribution is -0.250. The SMILES string of the molecule is C[C@H](Oc1ccc(Cl)cc1Cl)C(=O)N1N=C(C(F)(F)C(F)(F)F)C[C@@]1(O)C(C)(C)C. The average molecular weight is 477 g/mol. The first-order chi connectivity index (χ1) is 13.4. The molecular formula is C18H19Cl2F5N2O3. The van der Waals surface area contributed by atoms with E-state index < -0.39 is 47.4 Å². The maximum absolute atomic E-state index is 13.9. The molecule has 0 fully saturated rings. The van der Waals surface area contributed by atoms with Crippen molar-refractivity contribution in [1.29, 1.82) is 0 Å². The third kappa shape index (κ3) is 4.36. The van der Waals surface area contributed by atoms with Crippen molar-refractivity contribution in [2.75, 3.05) is 0 Å². The molecule has 12 heteroatoms. The lowest BCUT2D eigenvalue weighted by Gasteiger charge is -2.42. The number of carbonyl (C=O) groups is 1. The van der Waals surface area contributed by atoms with Gasteiger partial charge in [0.05, 0.1) is 5.02 Å². The number of ether oxygens (including phenoxy) is 1. The highest BCUT2D eigenvalue weighted by Crippen LogP contribution is 2.47. The topological polar surface area (TPSA) is 62.1 Å². The van der Waals surface area contributed by atoms with Crippen molar-refractivity contribution >= 4 is 34.8 Å². The Balaban J connectivity index is 2.41. The number of rotatable bonds is 4. The average Bonchev–Trinajstić information content (AvgIpc) is 2.95. The molecule has 5 nitrogen and oxygen atoms in total. The van der Waals surface area contributed by atoms with E-state index in [1.54, 1.807) is 0 Å². The molecule has 2 atom stereocenters. The molecule has 0 aromatic heterocycles. The Bertz CT molecular complexity index is 870. The molecule has 1 aliphatic rings. The van der Waals surface area contributed by atoms with E-state index in [0.717, 1.165) is 0 Å². The van der Waals surface area contributed by atoms with Crippen molar-refractivity contribution in [3.63, 3.8) is 0 Å². The molecule has 1 aliphatic heterocycles. The fourth-order valence-corrected chi connectivity index (χ4v) is 3.14. The van der Waals surface area contributed by atoms with Crippen molar-refractivity contribution in [2.24, 2.45) is 10.5 Å². The fourth-order valence-electron chi connectivity index (χ4n) is 2.68. The number of hydrazone groups is 1. The molecule has 0 aliphatic carbocycles. The van der Waals surface area contributed by atoms with Gasteiger partial charge in [-0.15, -0.1) is 0 Å². The number of aliphatic hydroxyl groups is 1. The number of hydrogen-bond donors (Lipinski definition) is 1. The van der Waals surface area contributed by atoms with Crippen molar-refractivity contribution in [2.45, 2.75) is 58.0 Å². The molecular weight excluding hydrogens is 458 g/mol. The standard InChI is InChI=1S/C18H19Cl2F5N2O3/c1-9(30-12-6-5-10(19)7-11(12)20)14(28)27-16(29,15(2,3)4)8-13(26-27)17(21,22)18(23,24)25/h5-7,9,29H,8H2,1-4H3/t9-,16+/m0/s1. The molecule has 168 valence electrons. The first-order valence-corrected chi connectivity index (χ1v) is 9.38. The molecule has 0 bridgehead atoms. The molecule has 0 radical (unpaired) electrons. The largest absolute Gasteiger partial charge is 0.479 e. The van der Waals surface area contributed by atoms with Crippen LogP contribution in [0.25, 0.3) is 0 Å². The van der Waals surface area contributed by atoms with E-state index in [1.807, 2.05) is 0 Å². The van der Waals surface area contributed by atoms with E-state index in [1.165, 1.54) is 45.9 Å². The van der Waals surface area contributed by atoms with Crippen LogP contribution in [0.1, 0.15) is 34.1 Å². The number of benzene rings is 1. The van der Waals surface area contributed by atoms with Crippen LogP contribution >= 0.6 is 23.2 Å². The summed E-state index contributed by atoms with van der Waals surface area (Å²) in [4.78, 5) is 12.9. The normalized spacial score (nSPS) is 21.5. The number of alkyl halides is 5. The van der Waals surface area contributed by atoms with Crippen LogP contribution in [0.2, 0.25) is 10.0 Å². The number of amides is 1. The van der Waals surface area contributed by atoms with E-state index in [-0.39, 0.29) is 20.8 Å². The van der Waals surface area contributed by atoms with Crippen LogP contribution in [-0.4, -0.2) is 45.7 Å². The van der Waals surface area contributed by atoms with Gasteiger partial charge in [0.2, 0.25) is 0 Å². The highest BCUT2D eigenvalue weighted by molar-refractivity contribution is 6.35. The molecule has 1 aromatic carbocycles. The van der Waals surface area contributed by atoms with Gasteiger partial charge in [0.1, 0.15) is 11.5 Å². The van der Waals surface area contributed by atoms with Crippen LogP contribution < -0.4 is 4.74 Å². The maximum atomic E-state index is 13.9. The molecule has 2 rings (SSSR count). The fraction of sp³-hybridized carbons (Fsp3) is 0.556. The van der Waals surface area contributed by atoms with Gasteiger partial charge in [0.25, 0.3) is 5.91 Å². The number of halogens is 7. The molecule has 30 heavy (non-hydrogen) atoms. The Hall–Kier alpha value is -1.65. The van der Waals surface area contributed by atoms with Crippen LogP contribution in [0.15, 0.2) is 23.3 Å². The molecule has 0 unspecified atom stereocenters. The zero-order valence-corrected chi connectivity index (χ0v) is 17.8. The van der Waals surface area contributed by atoms with Gasteiger partial charge in [0, 0.05) is 16.9 Å². The van der Waals surface area contributed by atoms with Gasteiger partial charge in [-0.05, 0) is 25.1 Å². The number of carbonyl (C=O) groups excluding carboxylic acids is 1. The van der Waals surface area contributed by atoms with E-state index in [4.69, 9.17) is 27.9 Å². The Morgan fingerprint density at radius 3 is 2.27 bits per heavy atom. The lowest BCUT2D eigenvalue weighted by Crippen LogP contribution is -2.57. The van der Waals surface area contributed by atoms with E-state index >= 15 is 0 Å². The zero-order valence-electron chi connectivity index (χ0n) is 16.3. The van der Waals surface area contributed by atoms with Crippen molar-refractivity contribution in [3.8, 4) is 5.75 Å². The third-order valence-electron chi connectivity index (χ3n) is 4.66.